The van der Waals surface area contributed by atoms with Gasteiger partial charge >= 0.3 is 11.9 Å². The Labute approximate surface area is 95.2 Å². The molecule has 3 N–H and O–H groups in total. The number of amides is 2. The molecule has 0 aromatic rings. The minimum atomic E-state index is -0.953. The van der Waals surface area contributed by atoms with Gasteiger partial charge < -0.3 is 9.78 Å². The molecule has 1 heterocycles. The Hall–Kier alpha value is -2.00. The molecule has 0 bridgehead atoms. The Balaban J connectivity index is 0.000000318. The number of nitrogens with one attached hydrogen (secondary N) is 1. The summed E-state index contributed by atoms with van der Waals surface area (Å²) in [4.78, 5) is 46.8. The molecular weight excluding hydrogens is 238 g/mol. The van der Waals surface area contributed by atoms with Crippen LogP contribution in [0.4, 0.5) is 0 Å². The van der Waals surface area contributed by atoms with Gasteiger partial charge in [-0.1, -0.05) is 0 Å². The lowest BCUT2D eigenvalue weighted by Crippen LogP contribution is -2.18. The summed E-state index contributed by atoms with van der Waals surface area (Å²) in [5.41, 5.74) is 0. The molecule has 0 aromatic carbocycles. The van der Waals surface area contributed by atoms with Gasteiger partial charge in [-0.15, -0.1) is 0 Å². The van der Waals surface area contributed by atoms with Crippen LogP contribution in [-0.4, -0.2) is 34.3 Å². The third-order valence-corrected chi connectivity index (χ3v) is 1.59. The number of carbonyl (C=O) groups is 4. The van der Waals surface area contributed by atoms with Crippen LogP contribution in [0.15, 0.2) is 0 Å². The van der Waals surface area contributed by atoms with Gasteiger partial charge in [0.05, 0.1) is 12.8 Å². The van der Waals surface area contributed by atoms with Crippen LogP contribution >= 0.6 is 0 Å². The maximum atomic E-state index is 10.1. The Bertz CT molecular complexity index is 283. The van der Waals surface area contributed by atoms with Crippen molar-refractivity contribution in [3.05, 3.63) is 0 Å². The van der Waals surface area contributed by atoms with E-state index in [1.165, 1.54) is 0 Å². The third-order valence-electron chi connectivity index (χ3n) is 1.59. The fraction of sp³-hybridized carbons (Fsp3) is 0.500. The van der Waals surface area contributed by atoms with Crippen molar-refractivity contribution in [2.45, 2.75) is 25.7 Å². The summed E-state index contributed by atoms with van der Waals surface area (Å²) in [7, 11) is 0. The van der Waals surface area contributed by atoms with Crippen LogP contribution in [0.25, 0.3) is 0 Å². The minimum absolute atomic E-state index is 0.148. The van der Waals surface area contributed by atoms with E-state index >= 15 is 0 Å². The molecule has 96 valence electrons. The Morgan fingerprint density at radius 1 is 1.00 bits per heavy atom. The van der Waals surface area contributed by atoms with E-state index in [4.69, 9.17) is 10.5 Å². The SMILES string of the molecule is O=C(CCC(=O)OO)OO.O=C1CCC(=O)N1. The van der Waals surface area contributed by atoms with E-state index < -0.39 is 11.9 Å². The van der Waals surface area contributed by atoms with Crippen LogP contribution < -0.4 is 5.32 Å². The lowest BCUT2D eigenvalue weighted by atomic mass is 10.3. The van der Waals surface area contributed by atoms with Gasteiger partial charge in [0.2, 0.25) is 11.8 Å². The highest BCUT2D eigenvalue weighted by atomic mass is 17.1. The first-order chi connectivity index (χ1) is 7.99. The highest BCUT2D eigenvalue weighted by Crippen LogP contribution is 1.95. The van der Waals surface area contributed by atoms with E-state index in [-0.39, 0.29) is 24.7 Å². The molecule has 0 spiro atoms. The van der Waals surface area contributed by atoms with Crippen LogP contribution in [0.3, 0.4) is 0 Å². The largest absolute Gasteiger partial charge is 0.342 e. The molecule has 1 rings (SSSR count). The summed E-state index contributed by atoms with van der Waals surface area (Å²) in [5.74, 6) is -2.20. The number of hydrogen-bond donors (Lipinski definition) is 3. The normalized spacial score (nSPS) is 13.3. The Kier molecular flexibility index (Phi) is 7.22. The van der Waals surface area contributed by atoms with E-state index in [9.17, 15) is 19.2 Å². The van der Waals surface area contributed by atoms with Crippen molar-refractivity contribution in [1.29, 1.82) is 0 Å². The molecule has 9 nitrogen and oxygen atoms in total. The molecule has 1 aliphatic rings. The maximum absolute atomic E-state index is 10.1. The zero-order valence-electron chi connectivity index (χ0n) is 8.67. The van der Waals surface area contributed by atoms with Crippen molar-refractivity contribution in [3.63, 3.8) is 0 Å². The van der Waals surface area contributed by atoms with Crippen LogP contribution in [0.1, 0.15) is 25.7 Å². The molecule has 0 aliphatic carbocycles. The average molecular weight is 249 g/mol. The van der Waals surface area contributed by atoms with Gasteiger partial charge in [-0.05, 0) is 0 Å². The summed E-state index contributed by atoms with van der Waals surface area (Å²) in [6.45, 7) is 0. The van der Waals surface area contributed by atoms with E-state index in [1.807, 2.05) is 0 Å². The third kappa shape index (κ3) is 7.88. The monoisotopic (exact) mass is 249 g/mol. The standard InChI is InChI=1S/C4H5NO2.C4H6O6/c6-3-1-2-4(7)5-3;5-3(9-7)1-2-4(6)10-8/h1-2H2,(H,5,6,7);7-8H,1-2H2. The second-order valence-electron chi connectivity index (χ2n) is 2.90. The molecule has 17 heavy (non-hydrogen) atoms. The Morgan fingerprint density at radius 3 is 1.53 bits per heavy atom. The van der Waals surface area contributed by atoms with Crippen LogP contribution in [-0.2, 0) is 29.0 Å². The Morgan fingerprint density at radius 2 is 1.35 bits per heavy atom. The molecule has 0 saturated carbocycles. The lowest BCUT2D eigenvalue weighted by Gasteiger charge is -1.93. The molecule has 0 aromatic heterocycles. The molecular formula is C8H11NO8. The quantitative estimate of drug-likeness (QED) is 0.336. The van der Waals surface area contributed by atoms with Gasteiger partial charge in [-0.25, -0.2) is 9.59 Å². The predicted molar refractivity (Wildman–Crippen MR) is 49.1 cm³/mol. The maximum Gasteiger partial charge on any atom is 0.342 e. The van der Waals surface area contributed by atoms with Crippen LogP contribution in [0.5, 0.6) is 0 Å². The molecule has 9 heteroatoms. The minimum Gasteiger partial charge on any atom is -0.301 e. The smallest absolute Gasteiger partial charge is 0.301 e. The van der Waals surface area contributed by atoms with E-state index in [0.717, 1.165) is 0 Å². The fourth-order valence-electron chi connectivity index (χ4n) is 0.803. The van der Waals surface area contributed by atoms with Gasteiger partial charge in [-0.2, -0.15) is 10.5 Å². The van der Waals surface area contributed by atoms with Crippen LogP contribution in [0.2, 0.25) is 0 Å². The zero-order chi connectivity index (χ0) is 13.3. The lowest BCUT2D eigenvalue weighted by molar-refractivity contribution is -0.240. The summed E-state index contributed by atoms with van der Waals surface area (Å²) in [6, 6.07) is 0. The van der Waals surface area contributed by atoms with Crippen molar-refractivity contribution < 1.29 is 39.5 Å². The van der Waals surface area contributed by atoms with Crippen molar-refractivity contribution >= 4 is 23.8 Å². The number of carbonyl (C=O) groups excluding carboxylic acids is 4. The molecule has 1 fully saturated rings. The molecule has 2 amide bonds. The van der Waals surface area contributed by atoms with E-state index in [0.29, 0.717) is 12.8 Å². The number of imide groups is 1. The van der Waals surface area contributed by atoms with E-state index in [1.54, 1.807) is 0 Å². The predicted octanol–water partition coefficient (Wildman–Crippen LogP) is -0.778. The second-order valence-corrected chi connectivity index (χ2v) is 2.90. The van der Waals surface area contributed by atoms with Crippen molar-refractivity contribution in [2.24, 2.45) is 0 Å². The number of rotatable bonds is 3. The molecule has 0 atom stereocenters. The van der Waals surface area contributed by atoms with E-state index in [2.05, 4.69) is 15.1 Å². The summed E-state index contributed by atoms with van der Waals surface area (Å²) in [6.07, 6.45) is 0.101. The topological polar surface area (TPSA) is 139 Å². The summed E-state index contributed by atoms with van der Waals surface area (Å²) < 4.78 is 0. The summed E-state index contributed by atoms with van der Waals surface area (Å²) >= 11 is 0. The summed E-state index contributed by atoms with van der Waals surface area (Å²) in [5, 5.41) is 17.5. The number of hydrogen-bond acceptors (Lipinski definition) is 8. The van der Waals surface area contributed by atoms with Gasteiger partial charge in [-0.3, -0.25) is 14.9 Å². The van der Waals surface area contributed by atoms with Gasteiger partial charge in [0, 0.05) is 12.8 Å². The van der Waals surface area contributed by atoms with Gasteiger partial charge in [0.15, 0.2) is 0 Å². The molecule has 1 saturated heterocycles. The van der Waals surface area contributed by atoms with Crippen molar-refractivity contribution in [3.8, 4) is 0 Å². The van der Waals surface area contributed by atoms with Crippen molar-refractivity contribution in [1.82, 2.24) is 5.32 Å². The van der Waals surface area contributed by atoms with Gasteiger partial charge in [0.25, 0.3) is 0 Å². The first-order valence-corrected chi connectivity index (χ1v) is 4.50. The first-order valence-electron chi connectivity index (χ1n) is 4.50. The highest BCUT2D eigenvalue weighted by molar-refractivity contribution is 6.01. The highest BCUT2D eigenvalue weighted by Gasteiger charge is 2.15. The fourth-order valence-corrected chi connectivity index (χ4v) is 0.803. The molecule has 0 radical (unpaired) electrons. The second kappa shape index (κ2) is 8.19. The van der Waals surface area contributed by atoms with Crippen molar-refractivity contribution in [2.75, 3.05) is 0 Å². The zero-order valence-corrected chi connectivity index (χ0v) is 8.67. The van der Waals surface area contributed by atoms with Gasteiger partial charge in [0.1, 0.15) is 0 Å². The molecule has 0 unspecified atom stereocenters. The first kappa shape index (κ1) is 15.0. The molecule has 1 aliphatic heterocycles. The average Bonchev–Trinajstić information content (AvgIpc) is 2.70. The van der Waals surface area contributed by atoms with Crippen LogP contribution in [0, 0.1) is 0 Å².